The predicted molar refractivity (Wildman–Crippen MR) is 126 cm³/mol. The highest BCUT2D eigenvalue weighted by Gasteiger charge is 2.14. The van der Waals surface area contributed by atoms with E-state index in [9.17, 15) is 9.59 Å². The van der Waals surface area contributed by atoms with Gasteiger partial charge < -0.3 is 9.47 Å². The molecule has 0 saturated carbocycles. The van der Waals surface area contributed by atoms with Gasteiger partial charge in [-0.1, -0.05) is 111 Å². The first-order valence-electron chi connectivity index (χ1n) is 13.0. The zero-order valence-electron chi connectivity index (χ0n) is 20.4. The molecular weight excluding hydrogens is 376 g/mol. The summed E-state index contributed by atoms with van der Waals surface area (Å²) in [7, 11) is 0. The molecule has 0 aromatic heterocycles. The molecule has 0 aromatic carbocycles. The topological polar surface area (TPSA) is 52.6 Å². The summed E-state index contributed by atoms with van der Waals surface area (Å²) in [6, 6.07) is 0. The van der Waals surface area contributed by atoms with Gasteiger partial charge in [-0.3, -0.25) is 9.59 Å². The summed E-state index contributed by atoms with van der Waals surface area (Å²) in [5.74, 6) is -0.566. The SMILES string of the molecule is CCCCCCCCCCCCCCCOC(=O)CCC(=O)OC(CC)CCCC. The number of carbonyl (C=O) groups is 2. The van der Waals surface area contributed by atoms with Gasteiger partial charge in [-0.05, 0) is 19.3 Å². The highest BCUT2D eigenvalue weighted by atomic mass is 16.5. The van der Waals surface area contributed by atoms with Crippen molar-refractivity contribution in [1.82, 2.24) is 0 Å². The summed E-state index contributed by atoms with van der Waals surface area (Å²) in [6.45, 7) is 6.89. The molecule has 0 aliphatic rings. The number of hydrogen-bond acceptors (Lipinski definition) is 4. The molecule has 1 unspecified atom stereocenters. The van der Waals surface area contributed by atoms with Crippen LogP contribution in [0.3, 0.4) is 0 Å². The average Bonchev–Trinajstić information content (AvgIpc) is 2.75. The van der Waals surface area contributed by atoms with Crippen LogP contribution in [0.1, 0.15) is 143 Å². The van der Waals surface area contributed by atoms with Gasteiger partial charge in [0, 0.05) is 0 Å². The Morgan fingerprint density at radius 1 is 0.600 bits per heavy atom. The van der Waals surface area contributed by atoms with E-state index in [0.29, 0.717) is 6.61 Å². The van der Waals surface area contributed by atoms with Crippen molar-refractivity contribution in [3.8, 4) is 0 Å². The summed E-state index contributed by atoms with van der Waals surface area (Å²) in [4.78, 5) is 23.6. The van der Waals surface area contributed by atoms with Crippen molar-refractivity contribution in [1.29, 1.82) is 0 Å². The normalized spacial score (nSPS) is 12.0. The van der Waals surface area contributed by atoms with Gasteiger partial charge in [0.2, 0.25) is 0 Å². The summed E-state index contributed by atoms with van der Waals surface area (Å²) in [5.41, 5.74) is 0. The van der Waals surface area contributed by atoms with Gasteiger partial charge in [0.25, 0.3) is 0 Å². The molecule has 0 N–H and O–H groups in total. The molecule has 0 spiro atoms. The third kappa shape index (κ3) is 20.2. The van der Waals surface area contributed by atoms with Gasteiger partial charge in [-0.15, -0.1) is 0 Å². The zero-order valence-corrected chi connectivity index (χ0v) is 20.4. The third-order valence-corrected chi connectivity index (χ3v) is 5.68. The van der Waals surface area contributed by atoms with E-state index in [2.05, 4.69) is 13.8 Å². The van der Waals surface area contributed by atoms with Gasteiger partial charge in [-0.2, -0.15) is 0 Å². The van der Waals surface area contributed by atoms with E-state index in [1.807, 2.05) is 6.92 Å². The second kappa shape index (κ2) is 22.6. The average molecular weight is 427 g/mol. The maximum atomic E-state index is 11.9. The van der Waals surface area contributed by atoms with Gasteiger partial charge >= 0.3 is 11.9 Å². The first-order valence-corrected chi connectivity index (χ1v) is 13.0. The molecule has 0 aromatic rings. The second-order valence-corrected chi connectivity index (χ2v) is 8.63. The van der Waals surface area contributed by atoms with E-state index in [1.54, 1.807) is 0 Å². The molecule has 1 atom stereocenters. The number of hydrogen-bond donors (Lipinski definition) is 0. The van der Waals surface area contributed by atoms with E-state index in [1.165, 1.54) is 70.6 Å². The maximum Gasteiger partial charge on any atom is 0.306 e. The van der Waals surface area contributed by atoms with Crippen molar-refractivity contribution in [2.75, 3.05) is 6.61 Å². The molecule has 0 amide bonds. The van der Waals surface area contributed by atoms with Crippen LogP contribution in [0.4, 0.5) is 0 Å². The van der Waals surface area contributed by atoms with Crippen LogP contribution >= 0.6 is 0 Å². The van der Waals surface area contributed by atoms with Crippen molar-refractivity contribution in [3.05, 3.63) is 0 Å². The smallest absolute Gasteiger partial charge is 0.306 e. The Morgan fingerprint density at radius 3 is 1.57 bits per heavy atom. The molecular formula is C26H50O4. The second-order valence-electron chi connectivity index (χ2n) is 8.63. The highest BCUT2D eigenvalue weighted by Crippen LogP contribution is 2.13. The lowest BCUT2D eigenvalue weighted by Gasteiger charge is -2.15. The Balaban J connectivity index is 3.42. The summed E-state index contributed by atoms with van der Waals surface area (Å²) in [6.07, 6.45) is 21.1. The summed E-state index contributed by atoms with van der Waals surface area (Å²) >= 11 is 0. The molecule has 0 radical (unpaired) electrons. The number of unbranched alkanes of at least 4 members (excludes halogenated alkanes) is 13. The largest absolute Gasteiger partial charge is 0.466 e. The fourth-order valence-corrected chi connectivity index (χ4v) is 3.61. The van der Waals surface area contributed by atoms with Crippen LogP contribution in [0, 0.1) is 0 Å². The molecule has 30 heavy (non-hydrogen) atoms. The standard InChI is InChI=1S/C26H50O4/c1-4-7-9-10-11-12-13-14-15-16-17-18-19-23-29-25(27)21-22-26(28)30-24(6-3)20-8-5-2/h24H,4-23H2,1-3H3. The Morgan fingerprint density at radius 2 is 1.07 bits per heavy atom. The van der Waals surface area contributed by atoms with E-state index >= 15 is 0 Å². The molecule has 0 saturated heterocycles. The van der Waals surface area contributed by atoms with E-state index in [0.717, 1.165) is 38.5 Å². The number of rotatable bonds is 22. The minimum absolute atomic E-state index is 0.0146. The maximum absolute atomic E-state index is 11.9. The van der Waals surface area contributed by atoms with Gasteiger partial charge in [0.05, 0.1) is 19.4 Å². The van der Waals surface area contributed by atoms with E-state index < -0.39 is 0 Å². The number of carbonyl (C=O) groups excluding carboxylic acids is 2. The minimum atomic E-state index is -0.285. The monoisotopic (exact) mass is 426 g/mol. The summed E-state index contributed by atoms with van der Waals surface area (Å²) in [5, 5.41) is 0. The van der Waals surface area contributed by atoms with Crippen molar-refractivity contribution < 1.29 is 19.1 Å². The van der Waals surface area contributed by atoms with Gasteiger partial charge in [0.15, 0.2) is 0 Å². The highest BCUT2D eigenvalue weighted by molar-refractivity contribution is 5.77. The fraction of sp³-hybridized carbons (Fsp3) is 0.923. The first kappa shape index (κ1) is 28.9. The van der Waals surface area contributed by atoms with Crippen LogP contribution in [0.25, 0.3) is 0 Å². The van der Waals surface area contributed by atoms with Crippen molar-refractivity contribution in [2.24, 2.45) is 0 Å². The zero-order chi connectivity index (χ0) is 22.3. The Bertz CT molecular complexity index is 394. The van der Waals surface area contributed by atoms with Crippen LogP contribution in [0.2, 0.25) is 0 Å². The van der Waals surface area contributed by atoms with Crippen molar-refractivity contribution in [2.45, 2.75) is 149 Å². The Kier molecular flexibility index (Phi) is 21.8. The Labute approximate surface area is 186 Å². The molecule has 4 nitrogen and oxygen atoms in total. The van der Waals surface area contributed by atoms with Crippen LogP contribution in [0.5, 0.6) is 0 Å². The van der Waals surface area contributed by atoms with Crippen LogP contribution in [-0.4, -0.2) is 24.6 Å². The predicted octanol–water partition coefficient (Wildman–Crippen LogP) is 7.91. The Hall–Kier alpha value is -1.06. The van der Waals surface area contributed by atoms with E-state index in [-0.39, 0.29) is 30.9 Å². The lowest BCUT2D eigenvalue weighted by Crippen LogP contribution is -2.18. The molecule has 178 valence electrons. The third-order valence-electron chi connectivity index (χ3n) is 5.68. The molecule has 0 rings (SSSR count). The van der Waals surface area contributed by atoms with Crippen molar-refractivity contribution >= 4 is 11.9 Å². The molecule has 0 bridgehead atoms. The van der Waals surface area contributed by atoms with Gasteiger partial charge in [-0.25, -0.2) is 0 Å². The first-order chi connectivity index (χ1) is 14.6. The molecule has 4 heteroatoms. The molecule has 0 fully saturated rings. The number of ether oxygens (including phenoxy) is 2. The van der Waals surface area contributed by atoms with Crippen LogP contribution in [0.15, 0.2) is 0 Å². The quantitative estimate of drug-likeness (QED) is 0.130. The lowest BCUT2D eigenvalue weighted by molar-refractivity contribution is -0.154. The van der Waals surface area contributed by atoms with E-state index in [4.69, 9.17) is 9.47 Å². The van der Waals surface area contributed by atoms with Gasteiger partial charge in [0.1, 0.15) is 6.10 Å². The molecule has 0 heterocycles. The molecule has 0 aliphatic heterocycles. The molecule has 0 aliphatic carbocycles. The minimum Gasteiger partial charge on any atom is -0.466 e. The van der Waals surface area contributed by atoms with Crippen LogP contribution in [-0.2, 0) is 19.1 Å². The fourth-order valence-electron chi connectivity index (χ4n) is 3.61. The van der Waals surface area contributed by atoms with Crippen molar-refractivity contribution in [3.63, 3.8) is 0 Å². The summed E-state index contributed by atoms with van der Waals surface area (Å²) < 4.78 is 10.7. The number of esters is 2. The van der Waals surface area contributed by atoms with Crippen LogP contribution < -0.4 is 0 Å². The lowest BCUT2D eigenvalue weighted by atomic mass is 10.0.